The summed E-state index contributed by atoms with van der Waals surface area (Å²) in [5.74, 6) is 0.697. The zero-order chi connectivity index (χ0) is 16.2. The number of benzene rings is 1. The summed E-state index contributed by atoms with van der Waals surface area (Å²) in [4.78, 5) is 4.58. The number of nitrogens with zero attached hydrogens (tertiary/aromatic N) is 6. The minimum Gasteiger partial charge on any atom is -0.305 e. The Morgan fingerprint density at radius 2 is 1.65 bits per heavy atom. The Morgan fingerprint density at radius 1 is 1.00 bits per heavy atom. The first-order valence-corrected chi connectivity index (χ1v) is 7.47. The van der Waals surface area contributed by atoms with Gasteiger partial charge in [0, 0.05) is 25.0 Å². The van der Waals surface area contributed by atoms with Gasteiger partial charge in [0.1, 0.15) is 12.1 Å². The van der Waals surface area contributed by atoms with E-state index in [4.69, 9.17) is 0 Å². The van der Waals surface area contributed by atoms with Crippen LogP contribution in [0.15, 0.2) is 52.8 Å². The van der Waals surface area contributed by atoms with Crippen LogP contribution in [0.1, 0.15) is 11.1 Å². The largest absolute Gasteiger partial charge is 0.305 e. The Hall–Kier alpha value is -3.16. The van der Waals surface area contributed by atoms with Gasteiger partial charge in [0.05, 0.1) is 16.0 Å². The lowest BCUT2D eigenvalue weighted by molar-refractivity contribution is 0.793. The highest BCUT2D eigenvalue weighted by Gasteiger charge is 2.16. The molecule has 110 valence electrons. The molecule has 0 bridgehead atoms. The smallest absolute Gasteiger partial charge is 0.196 e. The monoisotopic (exact) mass is 318 g/mol. The zero-order valence-electron chi connectivity index (χ0n) is 12.1. The molecule has 0 saturated heterocycles. The number of hydrogen-bond acceptors (Lipinski definition) is 6. The second-order valence-electron chi connectivity index (χ2n) is 4.61. The molecule has 3 rings (SSSR count). The molecular formula is C16H10N6S. The van der Waals surface area contributed by atoms with Gasteiger partial charge in [-0.05, 0) is 36.0 Å². The summed E-state index contributed by atoms with van der Waals surface area (Å²) in [6.07, 6.45) is 3.38. The van der Waals surface area contributed by atoms with Crippen molar-refractivity contribution >= 4 is 11.8 Å². The lowest BCUT2D eigenvalue weighted by atomic mass is 10.1. The summed E-state index contributed by atoms with van der Waals surface area (Å²) >= 11 is 1.26. The Labute approximate surface area is 137 Å². The van der Waals surface area contributed by atoms with Crippen LogP contribution in [0.4, 0.5) is 0 Å². The maximum Gasteiger partial charge on any atom is 0.196 e. The van der Waals surface area contributed by atoms with Gasteiger partial charge in [-0.25, -0.2) is 0 Å². The van der Waals surface area contributed by atoms with Gasteiger partial charge in [-0.1, -0.05) is 6.07 Å². The molecule has 2 heterocycles. The SMILES string of the molecule is Cn1c(Sc2c(C#N)cccc2C#N)nnc1-c1ccncc1. The molecule has 3 aromatic rings. The van der Waals surface area contributed by atoms with E-state index in [1.54, 1.807) is 30.6 Å². The van der Waals surface area contributed by atoms with Crippen LogP contribution in [0.25, 0.3) is 11.4 Å². The van der Waals surface area contributed by atoms with E-state index in [1.807, 2.05) is 23.7 Å². The topological polar surface area (TPSA) is 91.2 Å². The van der Waals surface area contributed by atoms with Crippen LogP contribution in [0, 0.1) is 22.7 Å². The molecule has 7 heteroatoms. The predicted molar refractivity (Wildman–Crippen MR) is 84.2 cm³/mol. The average Bonchev–Trinajstić information content (AvgIpc) is 2.96. The van der Waals surface area contributed by atoms with E-state index in [0.29, 0.717) is 27.0 Å². The summed E-state index contributed by atoms with van der Waals surface area (Å²) in [7, 11) is 1.85. The molecule has 1 aromatic carbocycles. The Kier molecular flexibility index (Phi) is 4.05. The Bertz CT molecular complexity index is 901. The van der Waals surface area contributed by atoms with Crippen LogP contribution in [-0.2, 0) is 7.05 Å². The second-order valence-corrected chi connectivity index (χ2v) is 5.59. The summed E-state index contributed by atoms with van der Waals surface area (Å²) in [5.41, 5.74) is 1.79. The second kappa shape index (κ2) is 6.30. The molecule has 0 aliphatic carbocycles. The van der Waals surface area contributed by atoms with Crippen molar-refractivity contribution in [1.29, 1.82) is 10.5 Å². The third-order valence-electron chi connectivity index (χ3n) is 3.22. The van der Waals surface area contributed by atoms with Gasteiger partial charge in [-0.2, -0.15) is 10.5 Å². The normalized spacial score (nSPS) is 10.0. The zero-order valence-corrected chi connectivity index (χ0v) is 12.9. The Balaban J connectivity index is 2.02. The quantitative estimate of drug-likeness (QED) is 0.737. The molecule has 0 atom stereocenters. The summed E-state index contributed by atoms with van der Waals surface area (Å²) in [6.45, 7) is 0. The fourth-order valence-electron chi connectivity index (χ4n) is 2.07. The van der Waals surface area contributed by atoms with Gasteiger partial charge < -0.3 is 4.57 Å². The van der Waals surface area contributed by atoms with E-state index in [0.717, 1.165) is 5.56 Å². The number of aromatic nitrogens is 4. The van der Waals surface area contributed by atoms with E-state index in [1.165, 1.54) is 11.8 Å². The molecule has 0 spiro atoms. The van der Waals surface area contributed by atoms with Gasteiger partial charge in [0.2, 0.25) is 0 Å². The van der Waals surface area contributed by atoms with Crippen LogP contribution < -0.4 is 0 Å². The molecule has 2 aromatic heterocycles. The number of rotatable bonds is 3. The van der Waals surface area contributed by atoms with E-state index in [-0.39, 0.29) is 0 Å². The molecule has 0 N–H and O–H groups in total. The van der Waals surface area contributed by atoms with Crippen LogP contribution in [0.5, 0.6) is 0 Å². The van der Waals surface area contributed by atoms with Crippen LogP contribution in [0.3, 0.4) is 0 Å². The van der Waals surface area contributed by atoms with Crippen molar-refractivity contribution in [1.82, 2.24) is 19.7 Å². The molecule has 0 unspecified atom stereocenters. The minimum atomic E-state index is 0.447. The third-order valence-corrected chi connectivity index (χ3v) is 4.40. The van der Waals surface area contributed by atoms with Crippen molar-refractivity contribution in [3.05, 3.63) is 53.9 Å². The first kappa shape index (κ1) is 14.8. The maximum atomic E-state index is 9.25. The average molecular weight is 318 g/mol. The highest BCUT2D eigenvalue weighted by atomic mass is 32.2. The highest BCUT2D eigenvalue weighted by molar-refractivity contribution is 7.99. The van der Waals surface area contributed by atoms with Crippen molar-refractivity contribution in [2.75, 3.05) is 0 Å². The number of nitriles is 2. The molecule has 0 aliphatic heterocycles. The highest BCUT2D eigenvalue weighted by Crippen LogP contribution is 2.33. The molecule has 23 heavy (non-hydrogen) atoms. The minimum absolute atomic E-state index is 0.447. The molecule has 0 radical (unpaired) electrons. The van der Waals surface area contributed by atoms with E-state index < -0.39 is 0 Å². The van der Waals surface area contributed by atoms with E-state index in [9.17, 15) is 10.5 Å². The van der Waals surface area contributed by atoms with Crippen molar-refractivity contribution < 1.29 is 0 Å². The maximum absolute atomic E-state index is 9.25. The third kappa shape index (κ3) is 2.78. The van der Waals surface area contributed by atoms with Gasteiger partial charge >= 0.3 is 0 Å². The fourth-order valence-corrected chi connectivity index (χ4v) is 3.01. The van der Waals surface area contributed by atoms with Gasteiger partial charge in [0.25, 0.3) is 0 Å². The number of hydrogen-bond donors (Lipinski definition) is 0. The van der Waals surface area contributed by atoms with Crippen molar-refractivity contribution in [2.45, 2.75) is 10.1 Å². The predicted octanol–water partition coefficient (Wildman–Crippen LogP) is 2.77. The van der Waals surface area contributed by atoms with Crippen LogP contribution in [0.2, 0.25) is 0 Å². The van der Waals surface area contributed by atoms with E-state index in [2.05, 4.69) is 27.3 Å². The van der Waals surface area contributed by atoms with E-state index >= 15 is 0 Å². The van der Waals surface area contributed by atoms with Crippen LogP contribution >= 0.6 is 11.8 Å². The fraction of sp³-hybridized carbons (Fsp3) is 0.0625. The molecule has 0 saturated carbocycles. The molecule has 6 nitrogen and oxygen atoms in total. The summed E-state index contributed by atoms with van der Waals surface area (Å²) in [6, 6.07) is 13.0. The lowest BCUT2D eigenvalue weighted by Crippen LogP contribution is -1.96. The Morgan fingerprint density at radius 3 is 2.26 bits per heavy atom. The van der Waals surface area contributed by atoms with Crippen molar-refractivity contribution in [3.8, 4) is 23.5 Å². The van der Waals surface area contributed by atoms with Gasteiger partial charge in [0.15, 0.2) is 11.0 Å². The molecule has 0 aliphatic rings. The standard InChI is InChI=1S/C16H10N6S/c1-22-15(11-5-7-19-8-6-11)20-21-16(22)23-14-12(9-17)3-2-4-13(14)10-18/h2-8H,1H3. The van der Waals surface area contributed by atoms with Gasteiger partial charge in [-0.15, -0.1) is 10.2 Å². The first-order valence-electron chi connectivity index (χ1n) is 6.65. The molecule has 0 fully saturated rings. The van der Waals surface area contributed by atoms with Crippen molar-refractivity contribution in [3.63, 3.8) is 0 Å². The van der Waals surface area contributed by atoms with Gasteiger partial charge in [-0.3, -0.25) is 4.98 Å². The summed E-state index contributed by atoms with van der Waals surface area (Å²) in [5, 5.41) is 27.5. The van der Waals surface area contributed by atoms with Crippen LogP contribution in [-0.4, -0.2) is 19.7 Å². The molecular weight excluding hydrogens is 308 g/mol. The van der Waals surface area contributed by atoms with Crippen molar-refractivity contribution in [2.24, 2.45) is 7.05 Å². The first-order chi connectivity index (χ1) is 11.2. The molecule has 0 amide bonds. The lowest BCUT2D eigenvalue weighted by Gasteiger charge is -2.06. The summed E-state index contributed by atoms with van der Waals surface area (Å²) < 4.78 is 1.83. The number of pyridine rings is 1.